The minimum atomic E-state index is -0.483. The van der Waals surface area contributed by atoms with Gasteiger partial charge in [-0.25, -0.2) is 4.79 Å². The lowest BCUT2D eigenvalue weighted by atomic mass is 10.0. The zero-order valence-corrected chi connectivity index (χ0v) is 14.4. The average molecular weight is 336 g/mol. The van der Waals surface area contributed by atoms with Crippen molar-refractivity contribution in [2.75, 3.05) is 24.7 Å². The van der Waals surface area contributed by atoms with Crippen LogP contribution in [0.15, 0.2) is 29.2 Å². The number of rotatable bonds is 5. The summed E-state index contributed by atoms with van der Waals surface area (Å²) in [5.41, 5.74) is 5.95. The van der Waals surface area contributed by atoms with Crippen LogP contribution < -0.4 is 16.4 Å². The van der Waals surface area contributed by atoms with Crippen LogP contribution in [0.5, 0.6) is 0 Å². The van der Waals surface area contributed by atoms with Gasteiger partial charge in [-0.3, -0.25) is 9.69 Å². The molecule has 0 aliphatic carbocycles. The third-order valence-electron chi connectivity index (χ3n) is 4.16. The molecule has 0 saturated carbocycles. The molecule has 6 nitrogen and oxygen atoms in total. The zero-order valence-electron chi connectivity index (χ0n) is 13.5. The van der Waals surface area contributed by atoms with Gasteiger partial charge in [-0.15, -0.1) is 11.8 Å². The van der Waals surface area contributed by atoms with E-state index in [1.165, 1.54) is 4.90 Å². The number of amides is 3. The Labute approximate surface area is 141 Å². The predicted octanol–water partition coefficient (Wildman–Crippen LogP) is 1.87. The van der Waals surface area contributed by atoms with E-state index in [1.54, 1.807) is 11.8 Å². The number of benzene rings is 1. The Morgan fingerprint density at radius 3 is 2.39 bits per heavy atom. The summed E-state index contributed by atoms with van der Waals surface area (Å²) in [6.07, 6.45) is 3.64. The van der Waals surface area contributed by atoms with E-state index in [0.717, 1.165) is 31.6 Å². The van der Waals surface area contributed by atoms with E-state index in [9.17, 15) is 9.59 Å². The van der Waals surface area contributed by atoms with Gasteiger partial charge in [-0.1, -0.05) is 0 Å². The number of nitrogens with two attached hydrogens (primary N) is 1. The Balaban J connectivity index is 1.84. The normalized spacial score (nSPS) is 17.5. The second-order valence-electron chi connectivity index (χ2n) is 5.71. The second-order valence-corrected chi connectivity index (χ2v) is 6.59. The lowest BCUT2D eigenvalue weighted by molar-refractivity contribution is -0.121. The van der Waals surface area contributed by atoms with Crippen LogP contribution in [0.2, 0.25) is 0 Å². The molecule has 0 unspecified atom stereocenters. The van der Waals surface area contributed by atoms with Crippen molar-refractivity contribution in [2.24, 2.45) is 5.73 Å². The summed E-state index contributed by atoms with van der Waals surface area (Å²) in [6, 6.07) is 7.24. The van der Waals surface area contributed by atoms with Crippen LogP contribution in [-0.2, 0) is 4.79 Å². The van der Waals surface area contributed by atoms with E-state index < -0.39 is 6.03 Å². The van der Waals surface area contributed by atoms with Crippen molar-refractivity contribution in [3.63, 3.8) is 0 Å². The van der Waals surface area contributed by atoms with Gasteiger partial charge in [0.15, 0.2) is 0 Å². The standard InChI is InChI=1S/C16H24N4O2S/c1-11(20-9-7-13(8-10-20)19-16(17)22)15(21)18-12-3-5-14(23-2)6-4-12/h3-6,11,13H,7-10H2,1-2H3,(H,18,21)(H3,17,19,22)/t11-/m1/s1. The number of likely N-dealkylation sites (tertiary alicyclic amines) is 1. The highest BCUT2D eigenvalue weighted by molar-refractivity contribution is 7.98. The minimum Gasteiger partial charge on any atom is -0.352 e. The van der Waals surface area contributed by atoms with E-state index >= 15 is 0 Å². The van der Waals surface area contributed by atoms with Crippen LogP contribution in [0.4, 0.5) is 10.5 Å². The van der Waals surface area contributed by atoms with Gasteiger partial charge in [0.25, 0.3) is 0 Å². The fraction of sp³-hybridized carbons (Fsp3) is 0.500. The van der Waals surface area contributed by atoms with Gasteiger partial charge >= 0.3 is 6.03 Å². The number of carbonyl (C=O) groups excluding carboxylic acids is 2. The van der Waals surface area contributed by atoms with Crippen LogP contribution >= 0.6 is 11.8 Å². The van der Waals surface area contributed by atoms with Crippen LogP contribution in [0.25, 0.3) is 0 Å². The van der Waals surface area contributed by atoms with Crippen LogP contribution in [0.1, 0.15) is 19.8 Å². The summed E-state index contributed by atoms with van der Waals surface area (Å²) in [7, 11) is 0. The predicted molar refractivity (Wildman–Crippen MR) is 93.6 cm³/mol. The summed E-state index contributed by atoms with van der Waals surface area (Å²) < 4.78 is 0. The number of thioether (sulfide) groups is 1. The van der Waals surface area contributed by atoms with Gasteiger partial charge < -0.3 is 16.4 Å². The number of primary amides is 1. The van der Waals surface area contributed by atoms with Crippen molar-refractivity contribution >= 4 is 29.4 Å². The van der Waals surface area contributed by atoms with Gasteiger partial charge in [0, 0.05) is 29.7 Å². The van der Waals surface area contributed by atoms with E-state index in [-0.39, 0.29) is 18.0 Å². The summed E-state index contributed by atoms with van der Waals surface area (Å²) in [5, 5.41) is 5.68. The highest BCUT2D eigenvalue weighted by Crippen LogP contribution is 2.19. The first-order valence-corrected chi connectivity index (χ1v) is 8.97. The number of piperidine rings is 1. The van der Waals surface area contributed by atoms with E-state index in [0.29, 0.717) is 0 Å². The third kappa shape index (κ3) is 5.14. The fourth-order valence-corrected chi connectivity index (χ4v) is 3.13. The van der Waals surface area contributed by atoms with Gasteiger partial charge in [-0.05, 0) is 50.3 Å². The Morgan fingerprint density at radius 2 is 1.87 bits per heavy atom. The molecule has 1 aromatic carbocycles. The molecule has 1 atom stereocenters. The maximum absolute atomic E-state index is 12.4. The summed E-state index contributed by atoms with van der Waals surface area (Å²) in [4.78, 5) is 26.5. The highest BCUT2D eigenvalue weighted by atomic mass is 32.2. The molecule has 0 radical (unpaired) electrons. The molecule has 23 heavy (non-hydrogen) atoms. The molecule has 1 heterocycles. The van der Waals surface area contributed by atoms with Crippen molar-refractivity contribution in [2.45, 2.75) is 36.7 Å². The first-order valence-electron chi connectivity index (χ1n) is 7.74. The van der Waals surface area contributed by atoms with Crippen molar-refractivity contribution in [3.05, 3.63) is 24.3 Å². The van der Waals surface area contributed by atoms with E-state index in [1.807, 2.05) is 37.4 Å². The van der Waals surface area contributed by atoms with Crippen LogP contribution in [0, 0.1) is 0 Å². The molecule has 0 bridgehead atoms. The van der Waals surface area contributed by atoms with Gasteiger partial charge in [0.05, 0.1) is 6.04 Å². The molecule has 1 aromatic rings. The van der Waals surface area contributed by atoms with E-state index in [2.05, 4.69) is 15.5 Å². The number of urea groups is 1. The number of carbonyl (C=O) groups is 2. The lowest BCUT2D eigenvalue weighted by Gasteiger charge is -2.35. The molecule has 0 aromatic heterocycles. The molecule has 1 aliphatic rings. The Morgan fingerprint density at radius 1 is 1.26 bits per heavy atom. The lowest BCUT2D eigenvalue weighted by Crippen LogP contribution is -2.51. The van der Waals surface area contributed by atoms with Crippen molar-refractivity contribution < 1.29 is 9.59 Å². The zero-order chi connectivity index (χ0) is 16.8. The van der Waals surface area contributed by atoms with Crippen LogP contribution in [0.3, 0.4) is 0 Å². The monoisotopic (exact) mass is 336 g/mol. The molecule has 1 saturated heterocycles. The van der Waals surface area contributed by atoms with Crippen molar-refractivity contribution in [1.82, 2.24) is 10.2 Å². The molecule has 2 rings (SSSR count). The number of hydrogen-bond donors (Lipinski definition) is 3. The van der Waals surface area contributed by atoms with Gasteiger partial charge in [0.1, 0.15) is 0 Å². The largest absolute Gasteiger partial charge is 0.352 e. The molecule has 0 spiro atoms. The molecule has 3 amide bonds. The SMILES string of the molecule is CSc1ccc(NC(=O)[C@@H](C)N2CCC(NC(N)=O)CC2)cc1. The maximum Gasteiger partial charge on any atom is 0.312 e. The Bertz CT molecular complexity index is 542. The van der Waals surface area contributed by atoms with Crippen molar-refractivity contribution in [1.29, 1.82) is 0 Å². The molecule has 7 heteroatoms. The Hall–Kier alpha value is -1.73. The molecule has 1 aliphatic heterocycles. The summed E-state index contributed by atoms with van der Waals surface area (Å²) >= 11 is 1.67. The van der Waals surface area contributed by atoms with E-state index in [4.69, 9.17) is 5.73 Å². The molecular formula is C16H24N4O2S. The Kier molecular flexibility index (Phi) is 6.29. The number of nitrogens with one attached hydrogen (secondary N) is 2. The molecule has 126 valence electrons. The first kappa shape index (κ1) is 17.6. The topological polar surface area (TPSA) is 87.5 Å². The molecule has 1 fully saturated rings. The summed E-state index contributed by atoms with van der Waals surface area (Å²) in [6.45, 7) is 3.45. The number of nitrogens with zero attached hydrogens (tertiary/aromatic N) is 1. The first-order chi connectivity index (χ1) is 11.0. The smallest absolute Gasteiger partial charge is 0.312 e. The second kappa shape index (κ2) is 8.21. The van der Waals surface area contributed by atoms with Gasteiger partial charge in [0.2, 0.25) is 5.91 Å². The van der Waals surface area contributed by atoms with Crippen LogP contribution in [-0.4, -0.2) is 48.3 Å². The molecular weight excluding hydrogens is 312 g/mol. The summed E-state index contributed by atoms with van der Waals surface area (Å²) in [5.74, 6) is -0.0109. The third-order valence-corrected chi connectivity index (χ3v) is 4.90. The maximum atomic E-state index is 12.4. The molecule has 4 N–H and O–H groups in total. The highest BCUT2D eigenvalue weighted by Gasteiger charge is 2.27. The fourth-order valence-electron chi connectivity index (χ4n) is 2.72. The average Bonchev–Trinajstić information content (AvgIpc) is 2.55. The number of anilines is 1. The quantitative estimate of drug-likeness (QED) is 0.716. The van der Waals surface area contributed by atoms with Gasteiger partial charge in [-0.2, -0.15) is 0 Å². The minimum absolute atomic E-state index is 0.0109. The number of hydrogen-bond acceptors (Lipinski definition) is 4. The van der Waals surface area contributed by atoms with Crippen molar-refractivity contribution in [3.8, 4) is 0 Å².